The predicted octanol–water partition coefficient (Wildman–Crippen LogP) is 1.59. The van der Waals surface area contributed by atoms with Crippen LogP contribution < -0.4 is 0 Å². The van der Waals surface area contributed by atoms with E-state index in [1.165, 1.54) is 7.11 Å². The van der Waals surface area contributed by atoms with Crippen LogP contribution in [-0.2, 0) is 9.53 Å². The third-order valence-corrected chi connectivity index (χ3v) is 2.12. The number of aliphatic hydroxyl groups excluding tert-OH is 1. The van der Waals surface area contributed by atoms with Crippen molar-refractivity contribution in [2.75, 3.05) is 7.11 Å². The lowest BCUT2D eigenvalue weighted by Crippen LogP contribution is -2.29. The van der Waals surface area contributed by atoms with Crippen LogP contribution in [0.15, 0.2) is 0 Å². The molecule has 0 aliphatic carbocycles. The lowest BCUT2D eigenvalue weighted by molar-refractivity contribution is -0.150. The fourth-order valence-electron chi connectivity index (χ4n) is 1.39. The highest BCUT2D eigenvalue weighted by atomic mass is 16.5. The monoisotopic (exact) mass is 188 g/mol. The highest BCUT2D eigenvalue weighted by molar-refractivity contribution is 5.72. The van der Waals surface area contributed by atoms with Crippen molar-refractivity contribution in [2.24, 2.45) is 11.8 Å². The maximum absolute atomic E-state index is 11.2. The van der Waals surface area contributed by atoms with Crippen LogP contribution in [0.25, 0.3) is 0 Å². The first-order chi connectivity index (χ1) is 6.02. The molecule has 3 nitrogen and oxygen atoms in total. The number of carbonyl (C=O) groups is 1. The Morgan fingerprint density at radius 1 is 1.46 bits per heavy atom. The normalized spacial score (nSPS) is 15.5. The number of ether oxygens (including phenoxy) is 1. The average molecular weight is 188 g/mol. The van der Waals surface area contributed by atoms with Crippen molar-refractivity contribution >= 4 is 5.97 Å². The molecule has 0 saturated carbocycles. The molecule has 0 aromatic rings. The number of carbonyl (C=O) groups excluding carboxylic acids is 1. The van der Waals surface area contributed by atoms with Gasteiger partial charge >= 0.3 is 5.97 Å². The summed E-state index contributed by atoms with van der Waals surface area (Å²) in [6.45, 7) is 5.92. The van der Waals surface area contributed by atoms with Gasteiger partial charge < -0.3 is 9.84 Å². The summed E-state index contributed by atoms with van der Waals surface area (Å²) in [5.74, 6) is -0.281. The minimum Gasteiger partial charge on any atom is -0.469 e. The van der Waals surface area contributed by atoms with Crippen molar-refractivity contribution < 1.29 is 14.6 Å². The first kappa shape index (κ1) is 12.4. The van der Waals surface area contributed by atoms with Crippen LogP contribution in [0, 0.1) is 11.8 Å². The van der Waals surface area contributed by atoms with Crippen molar-refractivity contribution in [1.29, 1.82) is 0 Å². The second kappa shape index (κ2) is 5.97. The molecule has 78 valence electrons. The SMILES string of the molecule is CCC(C(=O)OC)C(O)CC(C)C. The van der Waals surface area contributed by atoms with Gasteiger partial charge in [-0.1, -0.05) is 20.8 Å². The molecular weight excluding hydrogens is 168 g/mol. The fourth-order valence-corrected chi connectivity index (χ4v) is 1.39. The molecular formula is C10H20O3. The second-order valence-corrected chi connectivity index (χ2v) is 3.73. The highest BCUT2D eigenvalue weighted by Gasteiger charge is 2.26. The molecule has 3 heteroatoms. The number of methoxy groups -OCH3 is 1. The molecule has 1 N–H and O–H groups in total. The molecule has 0 rings (SSSR count). The predicted molar refractivity (Wildman–Crippen MR) is 51.3 cm³/mol. The molecule has 2 unspecified atom stereocenters. The number of hydrogen-bond donors (Lipinski definition) is 1. The summed E-state index contributed by atoms with van der Waals surface area (Å²) in [5, 5.41) is 9.68. The van der Waals surface area contributed by atoms with Crippen molar-refractivity contribution in [3.63, 3.8) is 0 Å². The lowest BCUT2D eigenvalue weighted by Gasteiger charge is -2.20. The lowest BCUT2D eigenvalue weighted by atomic mass is 9.93. The standard InChI is InChI=1S/C10H20O3/c1-5-8(10(12)13-4)9(11)6-7(2)3/h7-9,11H,5-6H2,1-4H3. The maximum atomic E-state index is 11.2. The van der Waals surface area contributed by atoms with E-state index in [0.717, 1.165) is 0 Å². The first-order valence-electron chi connectivity index (χ1n) is 4.78. The molecule has 13 heavy (non-hydrogen) atoms. The van der Waals surface area contributed by atoms with E-state index in [9.17, 15) is 9.90 Å². The number of aliphatic hydroxyl groups is 1. The topological polar surface area (TPSA) is 46.5 Å². The van der Waals surface area contributed by atoms with Gasteiger partial charge in [-0.25, -0.2) is 0 Å². The third-order valence-electron chi connectivity index (χ3n) is 2.12. The molecule has 0 amide bonds. The quantitative estimate of drug-likeness (QED) is 0.666. The summed E-state index contributed by atoms with van der Waals surface area (Å²) in [6, 6.07) is 0. The van der Waals surface area contributed by atoms with E-state index in [1.807, 2.05) is 20.8 Å². The van der Waals surface area contributed by atoms with Gasteiger partial charge in [0.2, 0.25) is 0 Å². The molecule has 0 saturated heterocycles. The van der Waals surface area contributed by atoms with E-state index >= 15 is 0 Å². The van der Waals surface area contributed by atoms with E-state index in [0.29, 0.717) is 18.8 Å². The molecule has 0 spiro atoms. The van der Waals surface area contributed by atoms with Crippen LogP contribution in [0.1, 0.15) is 33.6 Å². The van der Waals surface area contributed by atoms with Crippen LogP contribution in [-0.4, -0.2) is 24.3 Å². The Kier molecular flexibility index (Phi) is 5.71. The molecule has 0 bridgehead atoms. The van der Waals surface area contributed by atoms with Crippen LogP contribution in [0.2, 0.25) is 0 Å². The Morgan fingerprint density at radius 2 is 2.00 bits per heavy atom. The Morgan fingerprint density at radius 3 is 2.31 bits per heavy atom. The smallest absolute Gasteiger partial charge is 0.311 e. The summed E-state index contributed by atoms with van der Waals surface area (Å²) in [7, 11) is 1.35. The summed E-state index contributed by atoms with van der Waals surface area (Å²) in [6.07, 6.45) is 0.700. The first-order valence-corrected chi connectivity index (χ1v) is 4.78. The van der Waals surface area contributed by atoms with Gasteiger partial charge in [0, 0.05) is 0 Å². The van der Waals surface area contributed by atoms with Gasteiger partial charge in [0.05, 0.1) is 19.1 Å². The second-order valence-electron chi connectivity index (χ2n) is 3.73. The average Bonchev–Trinajstić information content (AvgIpc) is 2.03. The van der Waals surface area contributed by atoms with Gasteiger partial charge in [0.1, 0.15) is 0 Å². The minimum absolute atomic E-state index is 0.310. The third kappa shape index (κ3) is 4.27. The zero-order valence-electron chi connectivity index (χ0n) is 8.91. The zero-order chi connectivity index (χ0) is 10.4. The van der Waals surface area contributed by atoms with Crippen molar-refractivity contribution in [2.45, 2.75) is 39.7 Å². The van der Waals surface area contributed by atoms with E-state index in [2.05, 4.69) is 4.74 Å². The Balaban J connectivity index is 4.14. The summed E-state index contributed by atoms with van der Waals surface area (Å²) < 4.78 is 4.61. The molecule has 0 aromatic heterocycles. The molecule has 0 fully saturated rings. The molecule has 0 aliphatic heterocycles. The Bertz CT molecular complexity index is 154. The van der Waals surface area contributed by atoms with Gasteiger partial charge in [-0.05, 0) is 18.8 Å². The van der Waals surface area contributed by atoms with Gasteiger partial charge in [-0.3, -0.25) is 4.79 Å². The largest absolute Gasteiger partial charge is 0.469 e. The minimum atomic E-state index is -0.572. The molecule has 0 heterocycles. The van der Waals surface area contributed by atoms with E-state index < -0.39 is 6.10 Å². The van der Waals surface area contributed by atoms with Gasteiger partial charge in [-0.15, -0.1) is 0 Å². The number of hydrogen-bond acceptors (Lipinski definition) is 3. The summed E-state index contributed by atoms with van der Waals surface area (Å²) in [4.78, 5) is 11.2. The van der Waals surface area contributed by atoms with Crippen LogP contribution in [0.3, 0.4) is 0 Å². The Hall–Kier alpha value is -0.570. The van der Waals surface area contributed by atoms with E-state index in [1.54, 1.807) is 0 Å². The van der Waals surface area contributed by atoms with E-state index in [4.69, 9.17) is 0 Å². The van der Waals surface area contributed by atoms with Crippen molar-refractivity contribution in [1.82, 2.24) is 0 Å². The van der Waals surface area contributed by atoms with Crippen LogP contribution in [0.5, 0.6) is 0 Å². The maximum Gasteiger partial charge on any atom is 0.311 e. The van der Waals surface area contributed by atoms with Crippen molar-refractivity contribution in [3.05, 3.63) is 0 Å². The van der Waals surface area contributed by atoms with Gasteiger partial charge in [0.15, 0.2) is 0 Å². The van der Waals surface area contributed by atoms with Crippen LogP contribution in [0.4, 0.5) is 0 Å². The molecule has 0 aromatic carbocycles. The fraction of sp³-hybridized carbons (Fsp3) is 0.900. The van der Waals surface area contributed by atoms with Crippen LogP contribution >= 0.6 is 0 Å². The number of rotatable bonds is 5. The zero-order valence-corrected chi connectivity index (χ0v) is 8.91. The Labute approximate surface area is 80.1 Å². The molecule has 0 radical (unpaired) electrons. The summed E-state index contributed by atoms with van der Waals surface area (Å²) >= 11 is 0. The number of esters is 1. The van der Waals surface area contributed by atoms with Crippen molar-refractivity contribution in [3.8, 4) is 0 Å². The van der Waals surface area contributed by atoms with Gasteiger partial charge in [-0.2, -0.15) is 0 Å². The molecule has 2 atom stereocenters. The van der Waals surface area contributed by atoms with E-state index in [-0.39, 0.29) is 11.9 Å². The summed E-state index contributed by atoms with van der Waals surface area (Å²) in [5.41, 5.74) is 0. The van der Waals surface area contributed by atoms with Gasteiger partial charge in [0.25, 0.3) is 0 Å². The molecule has 0 aliphatic rings. The highest BCUT2D eigenvalue weighted by Crippen LogP contribution is 2.17.